The molecule has 7 nitrogen and oxygen atoms in total. The van der Waals surface area contributed by atoms with Crippen LogP contribution in [-0.2, 0) is 6.54 Å². The minimum absolute atomic E-state index is 0.0595. The van der Waals surface area contributed by atoms with E-state index < -0.39 is 0 Å². The number of nitrogens with zero attached hydrogens (tertiary/aromatic N) is 4. The summed E-state index contributed by atoms with van der Waals surface area (Å²) in [6.45, 7) is 0.258. The molecule has 4 heterocycles. The molecule has 22 heavy (non-hydrogen) atoms. The first-order chi connectivity index (χ1) is 10.7. The Hall–Kier alpha value is -1.97. The van der Waals surface area contributed by atoms with Gasteiger partial charge < -0.3 is 14.7 Å². The lowest BCUT2D eigenvalue weighted by atomic mass is 10.3. The number of thiophene rings is 1. The van der Waals surface area contributed by atoms with Crippen molar-refractivity contribution in [1.82, 2.24) is 23.9 Å². The van der Waals surface area contributed by atoms with E-state index in [9.17, 15) is 4.79 Å². The van der Waals surface area contributed by atoms with Gasteiger partial charge in [0.15, 0.2) is 15.9 Å². The van der Waals surface area contributed by atoms with Gasteiger partial charge in [-0.25, -0.2) is 9.38 Å². The average Bonchev–Trinajstić information content (AvgIpc) is 3.20. The number of hydrogen-bond acceptors (Lipinski definition) is 5. The van der Waals surface area contributed by atoms with E-state index >= 15 is 0 Å². The van der Waals surface area contributed by atoms with Gasteiger partial charge in [-0.3, -0.25) is 4.79 Å². The molecule has 0 unspecified atom stereocenters. The second-order valence-electron chi connectivity index (χ2n) is 4.72. The number of aromatic amines is 1. The predicted octanol–water partition coefficient (Wildman–Crippen LogP) is 1.86. The zero-order chi connectivity index (χ0) is 15.3. The van der Waals surface area contributed by atoms with E-state index in [1.807, 2.05) is 16.8 Å². The van der Waals surface area contributed by atoms with E-state index in [4.69, 9.17) is 5.11 Å². The smallest absolute Gasteiger partial charge is 0.287 e. The van der Waals surface area contributed by atoms with E-state index in [0.29, 0.717) is 22.7 Å². The van der Waals surface area contributed by atoms with Gasteiger partial charge in [0.1, 0.15) is 0 Å². The van der Waals surface area contributed by atoms with Crippen molar-refractivity contribution < 1.29 is 5.11 Å². The molecule has 0 fully saturated rings. The van der Waals surface area contributed by atoms with Crippen molar-refractivity contribution >= 4 is 44.2 Å². The van der Waals surface area contributed by atoms with Crippen LogP contribution in [0.15, 0.2) is 32.6 Å². The molecule has 4 rings (SSSR count). The maximum atomic E-state index is 12.6. The molecule has 9 heteroatoms. The van der Waals surface area contributed by atoms with E-state index in [-0.39, 0.29) is 17.7 Å². The van der Waals surface area contributed by atoms with Crippen LogP contribution in [0.1, 0.15) is 0 Å². The second kappa shape index (κ2) is 5.04. The Kier molecular flexibility index (Phi) is 3.13. The van der Waals surface area contributed by atoms with Crippen molar-refractivity contribution in [2.24, 2.45) is 0 Å². The highest BCUT2D eigenvalue weighted by atomic mass is 79.9. The fourth-order valence-corrected chi connectivity index (χ4v) is 3.57. The molecular weight excluding hydrogens is 370 g/mol. The molecule has 0 aromatic carbocycles. The summed E-state index contributed by atoms with van der Waals surface area (Å²) in [5.41, 5.74) is 2.31. The largest absolute Gasteiger partial charge is 0.395 e. The number of nitrogens with one attached hydrogen (secondary N) is 1. The number of H-pyrrole nitrogens is 1. The summed E-state index contributed by atoms with van der Waals surface area (Å²) < 4.78 is 3.60. The van der Waals surface area contributed by atoms with Crippen molar-refractivity contribution in [2.75, 3.05) is 6.61 Å². The highest BCUT2D eigenvalue weighted by molar-refractivity contribution is 9.10. The monoisotopic (exact) mass is 379 g/mol. The lowest BCUT2D eigenvalue weighted by molar-refractivity contribution is 0.276. The molecule has 112 valence electrons. The summed E-state index contributed by atoms with van der Waals surface area (Å²) in [5.74, 6) is 0.449. The molecule has 4 aromatic heterocycles. The van der Waals surface area contributed by atoms with Crippen LogP contribution >= 0.6 is 27.3 Å². The van der Waals surface area contributed by atoms with Crippen molar-refractivity contribution in [3.63, 3.8) is 0 Å². The summed E-state index contributed by atoms with van der Waals surface area (Å²) in [5, 5.41) is 13.1. The number of aliphatic hydroxyl groups excluding tert-OH is 1. The van der Waals surface area contributed by atoms with Crippen LogP contribution in [0, 0.1) is 0 Å². The summed E-state index contributed by atoms with van der Waals surface area (Å²) in [6.07, 6.45) is 1.73. The number of aromatic nitrogens is 5. The third kappa shape index (κ3) is 1.93. The van der Waals surface area contributed by atoms with E-state index in [1.54, 1.807) is 22.1 Å². The highest BCUT2D eigenvalue weighted by Gasteiger charge is 2.16. The number of hydrogen-bond donors (Lipinski definition) is 2. The van der Waals surface area contributed by atoms with Gasteiger partial charge in [0.25, 0.3) is 5.56 Å². The number of rotatable bonds is 3. The molecule has 0 bridgehead atoms. The first kappa shape index (κ1) is 13.7. The van der Waals surface area contributed by atoms with E-state index in [0.717, 1.165) is 11.3 Å². The molecule has 0 amide bonds. The molecule has 0 aliphatic heterocycles. The topological polar surface area (TPSA) is 88.2 Å². The maximum absolute atomic E-state index is 12.6. The normalized spacial score (nSPS) is 11.7. The Morgan fingerprint density at radius 2 is 2.27 bits per heavy atom. The van der Waals surface area contributed by atoms with Crippen LogP contribution in [-0.4, -0.2) is 35.6 Å². The van der Waals surface area contributed by atoms with Gasteiger partial charge in [0, 0.05) is 23.7 Å². The number of imidazole rings is 2. The Balaban J connectivity index is 2.03. The predicted molar refractivity (Wildman–Crippen MR) is 87.2 cm³/mol. The maximum Gasteiger partial charge on any atom is 0.287 e. The first-order valence-corrected chi connectivity index (χ1v) is 8.23. The van der Waals surface area contributed by atoms with Crippen LogP contribution in [0.3, 0.4) is 0 Å². The van der Waals surface area contributed by atoms with Gasteiger partial charge in [-0.1, -0.05) is 0 Å². The molecule has 0 saturated heterocycles. The third-order valence-corrected chi connectivity index (χ3v) is 4.70. The van der Waals surface area contributed by atoms with Crippen molar-refractivity contribution in [3.8, 4) is 11.3 Å². The molecule has 0 spiro atoms. The quantitative estimate of drug-likeness (QED) is 0.531. The number of aliphatic hydroxyl groups is 1. The lowest BCUT2D eigenvalue weighted by Gasteiger charge is -2.01. The first-order valence-electron chi connectivity index (χ1n) is 6.49. The number of halogens is 1. The fraction of sp³-hybridized carbons (Fsp3) is 0.154. The molecule has 0 aliphatic rings. The Bertz CT molecular complexity index is 1030. The van der Waals surface area contributed by atoms with Gasteiger partial charge in [-0.15, -0.1) is 0 Å². The number of fused-ring (bicyclic) bond motifs is 2. The van der Waals surface area contributed by atoms with Crippen molar-refractivity contribution in [2.45, 2.75) is 6.54 Å². The molecule has 0 aliphatic carbocycles. The average molecular weight is 380 g/mol. The fourth-order valence-electron chi connectivity index (χ4n) is 2.39. The third-order valence-electron chi connectivity index (χ3n) is 3.42. The standard InChI is InChI=1S/C13H10BrN5O2S/c14-12-16-9-10(18(12)2-3-20)17-13-15-8(5-19(13)11(9)21)7-1-4-22-6-7/h1,4-6,20H,2-3H2,(H,15,17). The molecule has 0 saturated carbocycles. The highest BCUT2D eigenvalue weighted by Crippen LogP contribution is 2.22. The van der Waals surface area contributed by atoms with Gasteiger partial charge in [0.2, 0.25) is 5.78 Å². The van der Waals surface area contributed by atoms with Crippen LogP contribution in [0.4, 0.5) is 0 Å². The minimum atomic E-state index is -0.241. The molecule has 4 aromatic rings. The van der Waals surface area contributed by atoms with Gasteiger partial charge in [0.05, 0.1) is 12.3 Å². The summed E-state index contributed by atoms with van der Waals surface area (Å²) in [6, 6.07) is 1.97. The van der Waals surface area contributed by atoms with Crippen LogP contribution < -0.4 is 5.56 Å². The van der Waals surface area contributed by atoms with Gasteiger partial charge in [-0.2, -0.15) is 16.3 Å². The van der Waals surface area contributed by atoms with Gasteiger partial charge >= 0.3 is 0 Å². The Morgan fingerprint density at radius 1 is 1.41 bits per heavy atom. The zero-order valence-corrected chi connectivity index (χ0v) is 13.6. The molecule has 0 radical (unpaired) electrons. The van der Waals surface area contributed by atoms with Crippen LogP contribution in [0.2, 0.25) is 0 Å². The van der Waals surface area contributed by atoms with Crippen molar-refractivity contribution in [3.05, 3.63) is 38.1 Å². The van der Waals surface area contributed by atoms with E-state index in [2.05, 4.69) is 30.9 Å². The van der Waals surface area contributed by atoms with Crippen molar-refractivity contribution in [1.29, 1.82) is 0 Å². The SMILES string of the molecule is O=c1c2nc(Br)n(CCO)c2nc2[nH]c(-c3ccsc3)cn12. The minimum Gasteiger partial charge on any atom is -0.395 e. The lowest BCUT2D eigenvalue weighted by Crippen LogP contribution is -2.14. The molecule has 0 atom stereocenters. The molecule has 2 N–H and O–H groups in total. The van der Waals surface area contributed by atoms with Gasteiger partial charge in [-0.05, 0) is 27.4 Å². The summed E-state index contributed by atoms with van der Waals surface area (Å²) in [7, 11) is 0. The molecular formula is C13H10BrN5O2S. The van der Waals surface area contributed by atoms with Crippen LogP contribution in [0.25, 0.3) is 28.2 Å². The van der Waals surface area contributed by atoms with Crippen LogP contribution in [0.5, 0.6) is 0 Å². The Morgan fingerprint density at radius 3 is 3.00 bits per heavy atom. The Labute approximate surface area is 136 Å². The zero-order valence-electron chi connectivity index (χ0n) is 11.2. The van der Waals surface area contributed by atoms with E-state index in [1.165, 1.54) is 4.40 Å². The summed E-state index contributed by atoms with van der Waals surface area (Å²) >= 11 is 4.88. The second-order valence-corrected chi connectivity index (χ2v) is 6.21. The summed E-state index contributed by atoms with van der Waals surface area (Å²) in [4.78, 5) is 24.4.